The molecule has 246 valence electrons. The van der Waals surface area contributed by atoms with Crippen LogP contribution < -0.4 is 5.32 Å². The molecule has 0 aliphatic rings. The van der Waals surface area contributed by atoms with E-state index in [9.17, 15) is 28.3 Å². The number of carboxylic acid groups (broad SMARTS) is 1. The Kier molecular flexibility index (Phi) is 10.2. The van der Waals surface area contributed by atoms with Gasteiger partial charge in [-0.25, -0.2) is 18.7 Å². The maximum absolute atomic E-state index is 14.2. The monoisotopic (exact) mass is 667 g/mol. The van der Waals surface area contributed by atoms with Gasteiger partial charge < -0.3 is 10.4 Å². The van der Waals surface area contributed by atoms with Crippen LogP contribution in [0.5, 0.6) is 0 Å². The van der Waals surface area contributed by atoms with Crippen LogP contribution in [0, 0.1) is 17.6 Å². The molecule has 2 N–H and O–H groups in total. The third kappa shape index (κ3) is 8.24. The van der Waals surface area contributed by atoms with Crippen molar-refractivity contribution in [3.63, 3.8) is 0 Å². The van der Waals surface area contributed by atoms with Crippen LogP contribution >= 0.6 is 11.3 Å². The second kappa shape index (κ2) is 14.4. The van der Waals surface area contributed by atoms with Gasteiger partial charge in [-0.1, -0.05) is 69.3 Å². The van der Waals surface area contributed by atoms with E-state index in [1.165, 1.54) is 30.4 Å². The largest absolute Gasteiger partial charge is 0.480 e. The fourth-order valence-electron chi connectivity index (χ4n) is 5.13. The standard InChI is InChI=1S/C38H35F2N3O4S/c1-22(37(46)47)43-36(45)27(18-32(44)33-15-16-34(48-33)38(2,3)4)17-23-5-7-26(8-6-23)35-41-20-28(21-42-35)24-9-11-25(12-10-24)30-14-13-29(39)19-31(30)40/h5-16,19-22,27H,17-18H2,1-4H3,(H,43,45)(H,46,47)/t22-,27-/m1/s1. The van der Waals surface area contributed by atoms with Gasteiger partial charge in [-0.15, -0.1) is 11.3 Å². The van der Waals surface area contributed by atoms with Gasteiger partial charge >= 0.3 is 5.97 Å². The Bertz CT molecular complexity index is 1930. The number of carbonyl (C=O) groups excluding carboxylic acids is 2. The number of aliphatic carboxylic acids is 1. The SMILES string of the molecule is C[C@@H](NC(=O)[C@@H](CC(=O)c1ccc(C(C)(C)C)s1)Cc1ccc(-c2ncc(-c3ccc(-c4ccc(F)cc4F)cc3)cn2)cc1)C(=O)O. The summed E-state index contributed by atoms with van der Waals surface area (Å²) in [5.74, 6) is -3.36. The predicted molar refractivity (Wildman–Crippen MR) is 183 cm³/mol. The quantitative estimate of drug-likeness (QED) is 0.138. The lowest BCUT2D eigenvalue weighted by Crippen LogP contribution is -2.42. The van der Waals surface area contributed by atoms with E-state index in [0.717, 1.165) is 33.2 Å². The first-order valence-corrected chi connectivity index (χ1v) is 16.2. The minimum absolute atomic E-state index is 0.0611. The summed E-state index contributed by atoms with van der Waals surface area (Å²) in [6.45, 7) is 7.60. The van der Waals surface area contributed by atoms with Gasteiger partial charge in [0.1, 0.15) is 17.7 Å². The molecule has 0 aliphatic heterocycles. The third-order valence-electron chi connectivity index (χ3n) is 7.96. The summed E-state index contributed by atoms with van der Waals surface area (Å²) in [5.41, 5.74) is 3.96. The van der Waals surface area contributed by atoms with Gasteiger partial charge in [-0.2, -0.15) is 0 Å². The molecule has 2 atom stereocenters. The Hall–Kier alpha value is -5.09. The fraction of sp³-hybridized carbons (Fsp3) is 0.237. The third-order valence-corrected chi connectivity index (χ3v) is 9.51. The number of benzene rings is 3. The highest BCUT2D eigenvalue weighted by Gasteiger charge is 2.27. The van der Waals surface area contributed by atoms with Gasteiger partial charge in [0, 0.05) is 52.4 Å². The Morgan fingerprint density at radius 1 is 0.833 bits per heavy atom. The van der Waals surface area contributed by atoms with E-state index in [-0.39, 0.29) is 24.0 Å². The molecule has 0 fully saturated rings. The number of hydrogen-bond acceptors (Lipinski definition) is 6. The van der Waals surface area contributed by atoms with E-state index >= 15 is 0 Å². The zero-order chi connectivity index (χ0) is 34.6. The van der Waals surface area contributed by atoms with Gasteiger partial charge in [0.2, 0.25) is 5.91 Å². The maximum Gasteiger partial charge on any atom is 0.325 e. The number of aromatic nitrogens is 2. The van der Waals surface area contributed by atoms with Crippen molar-refractivity contribution in [2.24, 2.45) is 5.92 Å². The van der Waals surface area contributed by atoms with E-state index in [0.29, 0.717) is 21.8 Å². The van der Waals surface area contributed by atoms with E-state index in [1.54, 1.807) is 30.6 Å². The molecule has 7 nitrogen and oxygen atoms in total. The molecule has 0 unspecified atom stereocenters. The number of halogens is 2. The predicted octanol–water partition coefficient (Wildman–Crippen LogP) is 8.14. The molecule has 1 amide bonds. The van der Waals surface area contributed by atoms with Crippen molar-refractivity contribution in [3.05, 3.63) is 118 Å². The molecule has 0 spiro atoms. The number of carbonyl (C=O) groups is 3. The van der Waals surface area contributed by atoms with Crippen LogP contribution in [-0.2, 0) is 21.4 Å². The Balaban J connectivity index is 1.28. The first-order valence-electron chi connectivity index (χ1n) is 15.4. The van der Waals surface area contributed by atoms with Crippen LogP contribution in [0.25, 0.3) is 33.6 Å². The minimum atomic E-state index is -1.16. The lowest BCUT2D eigenvalue weighted by Gasteiger charge is -2.18. The summed E-state index contributed by atoms with van der Waals surface area (Å²) in [4.78, 5) is 48.5. The number of ketones is 1. The fourth-order valence-corrected chi connectivity index (χ4v) is 6.14. The lowest BCUT2D eigenvalue weighted by atomic mass is 9.92. The van der Waals surface area contributed by atoms with E-state index < -0.39 is 35.5 Å². The van der Waals surface area contributed by atoms with E-state index in [2.05, 4.69) is 36.1 Å². The Morgan fingerprint density at radius 2 is 1.46 bits per heavy atom. The molecule has 48 heavy (non-hydrogen) atoms. The topological polar surface area (TPSA) is 109 Å². The molecule has 0 saturated heterocycles. The lowest BCUT2D eigenvalue weighted by molar-refractivity contribution is -0.141. The highest BCUT2D eigenvalue weighted by Crippen LogP contribution is 2.31. The van der Waals surface area contributed by atoms with Crippen LogP contribution in [-0.4, -0.2) is 38.8 Å². The number of carboxylic acids is 1. The molecule has 5 aromatic rings. The average Bonchev–Trinajstić information content (AvgIpc) is 3.57. The highest BCUT2D eigenvalue weighted by atomic mass is 32.1. The molecule has 0 bridgehead atoms. The van der Waals surface area contributed by atoms with Crippen molar-refractivity contribution in [1.82, 2.24) is 15.3 Å². The van der Waals surface area contributed by atoms with Crippen LogP contribution in [0.2, 0.25) is 0 Å². The summed E-state index contributed by atoms with van der Waals surface area (Å²) < 4.78 is 27.5. The summed E-state index contributed by atoms with van der Waals surface area (Å²) in [6.07, 6.45) is 3.55. The smallest absolute Gasteiger partial charge is 0.325 e. The Morgan fingerprint density at radius 3 is 2.04 bits per heavy atom. The molecule has 2 aromatic heterocycles. The van der Waals surface area contributed by atoms with E-state index in [4.69, 9.17) is 0 Å². The van der Waals surface area contributed by atoms with Gasteiger partial charge in [0.05, 0.1) is 4.88 Å². The van der Waals surface area contributed by atoms with Crippen LogP contribution in [0.15, 0.2) is 91.3 Å². The average molecular weight is 668 g/mol. The van der Waals surface area contributed by atoms with Crippen molar-refractivity contribution in [1.29, 1.82) is 0 Å². The highest BCUT2D eigenvalue weighted by molar-refractivity contribution is 7.14. The van der Waals surface area contributed by atoms with Gasteiger partial charge in [-0.05, 0) is 59.7 Å². The van der Waals surface area contributed by atoms with Gasteiger partial charge in [0.15, 0.2) is 11.6 Å². The maximum atomic E-state index is 14.2. The number of thiophene rings is 1. The molecular weight excluding hydrogens is 632 g/mol. The van der Waals surface area contributed by atoms with Crippen LogP contribution in [0.3, 0.4) is 0 Å². The summed E-state index contributed by atoms with van der Waals surface area (Å²) in [6, 6.07) is 20.6. The zero-order valence-electron chi connectivity index (χ0n) is 27.0. The van der Waals surface area contributed by atoms with Crippen LogP contribution in [0.4, 0.5) is 8.78 Å². The van der Waals surface area contributed by atoms with Crippen LogP contribution in [0.1, 0.15) is 54.2 Å². The molecule has 3 aromatic carbocycles. The van der Waals surface area contributed by atoms with Crippen molar-refractivity contribution >= 4 is 29.0 Å². The minimum Gasteiger partial charge on any atom is -0.480 e. The summed E-state index contributed by atoms with van der Waals surface area (Å²) in [5, 5.41) is 11.8. The number of nitrogens with one attached hydrogen (secondary N) is 1. The summed E-state index contributed by atoms with van der Waals surface area (Å²) in [7, 11) is 0. The number of Topliss-reactive ketones (excluding diaryl/α,β-unsaturated/α-hetero) is 1. The molecule has 0 saturated carbocycles. The summed E-state index contributed by atoms with van der Waals surface area (Å²) >= 11 is 1.41. The number of hydrogen-bond donors (Lipinski definition) is 2. The number of amides is 1. The zero-order valence-corrected chi connectivity index (χ0v) is 27.8. The first kappa shape index (κ1) is 34.3. The van der Waals surface area contributed by atoms with Crippen molar-refractivity contribution in [2.75, 3.05) is 0 Å². The van der Waals surface area contributed by atoms with Crippen molar-refractivity contribution in [3.8, 4) is 33.6 Å². The molecule has 2 heterocycles. The normalized spacial score (nSPS) is 12.7. The van der Waals surface area contributed by atoms with Gasteiger partial charge in [-0.3, -0.25) is 14.4 Å². The molecule has 5 rings (SSSR count). The molecule has 10 heteroatoms. The van der Waals surface area contributed by atoms with E-state index in [1.807, 2.05) is 42.5 Å². The molecule has 0 aliphatic carbocycles. The number of rotatable bonds is 11. The van der Waals surface area contributed by atoms with Crippen molar-refractivity contribution < 1.29 is 28.3 Å². The Labute approximate surface area is 281 Å². The number of nitrogens with zero attached hydrogens (tertiary/aromatic N) is 2. The second-order valence-corrected chi connectivity index (χ2v) is 13.8. The molecule has 0 radical (unpaired) electrons. The van der Waals surface area contributed by atoms with Gasteiger partial charge in [0.25, 0.3) is 0 Å². The molecular formula is C38H35F2N3O4S. The first-order chi connectivity index (χ1) is 22.8. The second-order valence-electron chi connectivity index (χ2n) is 12.7. The van der Waals surface area contributed by atoms with Crippen molar-refractivity contribution in [2.45, 2.75) is 52.0 Å².